The van der Waals surface area contributed by atoms with E-state index in [9.17, 15) is 9.59 Å². The maximum Gasteiger partial charge on any atom is 0.339 e. The zero-order valence-corrected chi connectivity index (χ0v) is 15.5. The van der Waals surface area contributed by atoms with Crippen LogP contribution in [0.3, 0.4) is 0 Å². The number of fused-ring (bicyclic) bond motifs is 1. The van der Waals surface area contributed by atoms with Gasteiger partial charge in [-0.1, -0.05) is 13.8 Å². The second-order valence-corrected chi connectivity index (χ2v) is 6.78. The first-order valence-electron chi connectivity index (χ1n) is 8.55. The zero-order valence-electron chi connectivity index (χ0n) is 15.5. The monoisotopic (exact) mass is 357 g/mol. The van der Waals surface area contributed by atoms with Crippen molar-refractivity contribution in [2.45, 2.75) is 33.4 Å². The average Bonchev–Trinajstić information content (AvgIpc) is 3.14. The first-order chi connectivity index (χ1) is 12.4. The van der Waals surface area contributed by atoms with Gasteiger partial charge in [0, 0.05) is 31.5 Å². The number of nitrogens with zero attached hydrogens (tertiary/aromatic N) is 5. The van der Waals surface area contributed by atoms with Crippen LogP contribution in [0.5, 0.6) is 0 Å². The number of aromatic nitrogens is 5. The maximum absolute atomic E-state index is 13.0. The van der Waals surface area contributed by atoms with Crippen LogP contribution in [-0.2, 0) is 24.9 Å². The number of carbonyl (C=O) groups is 1. The summed E-state index contributed by atoms with van der Waals surface area (Å²) in [5, 5.41) is 4.15. The van der Waals surface area contributed by atoms with Crippen molar-refractivity contribution < 1.29 is 9.53 Å². The van der Waals surface area contributed by atoms with E-state index < -0.39 is 5.97 Å². The molecule has 0 aliphatic carbocycles. The molecule has 3 aromatic rings. The van der Waals surface area contributed by atoms with Gasteiger partial charge in [0.1, 0.15) is 0 Å². The molecule has 0 saturated heterocycles. The van der Waals surface area contributed by atoms with Gasteiger partial charge in [-0.25, -0.2) is 14.6 Å². The van der Waals surface area contributed by atoms with Crippen LogP contribution in [0.15, 0.2) is 29.5 Å². The van der Waals surface area contributed by atoms with Crippen molar-refractivity contribution in [1.29, 1.82) is 0 Å². The maximum atomic E-state index is 13.0. The Hall–Kier alpha value is -2.90. The van der Waals surface area contributed by atoms with Crippen LogP contribution in [-0.4, -0.2) is 37.0 Å². The van der Waals surface area contributed by atoms with E-state index in [-0.39, 0.29) is 5.69 Å². The Bertz CT molecular complexity index is 996. The lowest BCUT2D eigenvalue weighted by atomic mass is 10.1. The van der Waals surface area contributed by atoms with Gasteiger partial charge in [0.25, 0.3) is 0 Å². The van der Waals surface area contributed by atoms with Crippen molar-refractivity contribution in [2.75, 3.05) is 7.11 Å². The van der Waals surface area contributed by atoms with Crippen LogP contribution >= 0.6 is 0 Å². The Labute approximate surface area is 151 Å². The molecular weight excluding hydrogens is 334 g/mol. The second-order valence-electron chi connectivity index (χ2n) is 6.78. The molecule has 0 aromatic carbocycles. The van der Waals surface area contributed by atoms with E-state index in [1.165, 1.54) is 13.3 Å². The molecule has 0 radical (unpaired) electrons. The van der Waals surface area contributed by atoms with E-state index in [4.69, 9.17) is 4.74 Å². The highest BCUT2D eigenvalue weighted by atomic mass is 16.5. The first kappa shape index (κ1) is 17.9. The van der Waals surface area contributed by atoms with Gasteiger partial charge in [0.05, 0.1) is 30.9 Å². The molecule has 0 atom stereocenters. The molecule has 8 heteroatoms. The Kier molecular flexibility index (Phi) is 4.92. The van der Waals surface area contributed by atoms with Crippen molar-refractivity contribution >= 4 is 17.1 Å². The molecule has 3 aromatic heterocycles. The fourth-order valence-corrected chi connectivity index (χ4v) is 2.90. The van der Waals surface area contributed by atoms with Gasteiger partial charge in [-0.15, -0.1) is 0 Å². The summed E-state index contributed by atoms with van der Waals surface area (Å²) < 4.78 is 9.77. The summed E-state index contributed by atoms with van der Waals surface area (Å²) >= 11 is 0. The van der Waals surface area contributed by atoms with Crippen molar-refractivity contribution in [2.24, 2.45) is 13.0 Å². The fraction of sp³-hybridized carbons (Fsp3) is 0.444. The van der Waals surface area contributed by atoms with Crippen molar-refractivity contribution in [1.82, 2.24) is 23.9 Å². The topological polar surface area (TPSA) is 83.9 Å². The minimum absolute atomic E-state index is 0.140. The van der Waals surface area contributed by atoms with E-state index in [2.05, 4.69) is 23.9 Å². The van der Waals surface area contributed by atoms with E-state index in [0.29, 0.717) is 35.7 Å². The lowest BCUT2D eigenvalue weighted by Crippen LogP contribution is -2.25. The zero-order chi connectivity index (χ0) is 18.8. The number of ether oxygens (including phenoxy) is 1. The van der Waals surface area contributed by atoms with E-state index in [0.717, 1.165) is 12.0 Å². The highest BCUT2D eigenvalue weighted by Gasteiger charge is 2.18. The van der Waals surface area contributed by atoms with Crippen LogP contribution in [0.25, 0.3) is 11.2 Å². The molecule has 0 saturated carbocycles. The summed E-state index contributed by atoms with van der Waals surface area (Å²) in [6.45, 7) is 5.17. The molecule has 26 heavy (non-hydrogen) atoms. The van der Waals surface area contributed by atoms with Crippen LogP contribution in [0, 0.1) is 5.92 Å². The number of esters is 1. The summed E-state index contributed by atoms with van der Waals surface area (Å²) in [5.74, 6) is -0.0114. The normalized spacial score (nSPS) is 11.4. The number of methoxy groups -OCH3 is 1. The smallest absolute Gasteiger partial charge is 0.339 e. The van der Waals surface area contributed by atoms with Gasteiger partial charge < -0.3 is 4.74 Å². The van der Waals surface area contributed by atoms with Gasteiger partial charge in [0.2, 0.25) is 0 Å². The standard InChI is InChI=1S/C18H23N5O3/c1-12(2)5-6-22-16-15(7-14(9-19-16)17(24)26-4)23(18(22)25)11-13-8-20-21(3)10-13/h7-10,12H,5-6,11H2,1-4H3. The molecule has 0 amide bonds. The Morgan fingerprint density at radius 3 is 2.65 bits per heavy atom. The molecule has 0 bridgehead atoms. The third kappa shape index (κ3) is 3.40. The highest BCUT2D eigenvalue weighted by molar-refractivity contribution is 5.92. The van der Waals surface area contributed by atoms with Gasteiger partial charge in [-0.2, -0.15) is 5.10 Å². The summed E-state index contributed by atoms with van der Waals surface area (Å²) in [5.41, 5.74) is 2.28. The second kappa shape index (κ2) is 7.15. The SMILES string of the molecule is COC(=O)c1cnc2c(c1)n(Cc1cnn(C)c1)c(=O)n2CCC(C)C. The molecule has 3 rings (SSSR count). The van der Waals surface area contributed by atoms with E-state index >= 15 is 0 Å². The lowest BCUT2D eigenvalue weighted by Gasteiger charge is -2.05. The molecule has 0 aliphatic heterocycles. The van der Waals surface area contributed by atoms with Crippen molar-refractivity contribution in [3.63, 3.8) is 0 Å². The molecule has 0 N–H and O–H groups in total. The van der Waals surface area contributed by atoms with Crippen molar-refractivity contribution in [3.8, 4) is 0 Å². The van der Waals surface area contributed by atoms with Gasteiger partial charge >= 0.3 is 11.7 Å². The summed E-state index contributed by atoms with van der Waals surface area (Å²) in [6, 6.07) is 1.66. The Morgan fingerprint density at radius 1 is 1.27 bits per heavy atom. The number of hydrogen-bond acceptors (Lipinski definition) is 5. The van der Waals surface area contributed by atoms with E-state index in [1.807, 2.05) is 13.2 Å². The third-order valence-electron chi connectivity index (χ3n) is 4.31. The van der Waals surface area contributed by atoms with Gasteiger partial charge in [-0.3, -0.25) is 13.8 Å². The lowest BCUT2D eigenvalue weighted by molar-refractivity contribution is 0.0600. The number of pyridine rings is 1. The summed E-state index contributed by atoms with van der Waals surface area (Å²) in [6.07, 6.45) is 5.91. The molecule has 0 aliphatic rings. The number of hydrogen-bond donors (Lipinski definition) is 0. The predicted molar refractivity (Wildman–Crippen MR) is 97.1 cm³/mol. The number of rotatable bonds is 6. The average molecular weight is 357 g/mol. The molecule has 0 spiro atoms. The minimum atomic E-state index is -0.477. The molecule has 138 valence electrons. The number of carbonyl (C=O) groups excluding carboxylic acids is 1. The number of imidazole rings is 1. The van der Waals surface area contributed by atoms with Gasteiger partial charge in [0.15, 0.2) is 5.65 Å². The highest BCUT2D eigenvalue weighted by Crippen LogP contribution is 2.16. The quantitative estimate of drug-likeness (QED) is 0.628. The molecule has 8 nitrogen and oxygen atoms in total. The summed E-state index contributed by atoms with van der Waals surface area (Å²) in [7, 11) is 3.15. The van der Waals surface area contributed by atoms with Crippen LogP contribution < -0.4 is 5.69 Å². The molecule has 3 heterocycles. The fourth-order valence-electron chi connectivity index (χ4n) is 2.90. The minimum Gasteiger partial charge on any atom is -0.465 e. The molecule has 0 unspecified atom stereocenters. The van der Waals surface area contributed by atoms with E-state index in [1.54, 1.807) is 26.1 Å². The number of aryl methyl sites for hydroxylation is 2. The van der Waals surface area contributed by atoms with Crippen molar-refractivity contribution in [3.05, 3.63) is 46.3 Å². The third-order valence-corrected chi connectivity index (χ3v) is 4.31. The predicted octanol–water partition coefficient (Wildman–Crippen LogP) is 1.81. The molecule has 0 fully saturated rings. The summed E-state index contributed by atoms with van der Waals surface area (Å²) in [4.78, 5) is 29.2. The van der Waals surface area contributed by atoms with Gasteiger partial charge in [-0.05, 0) is 18.4 Å². The van der Waals surface area contributed by atoms with Crippen LogP contribution in [0.2, 0.25) is 0 Å². The largest absolute Gasteiger partial charge is 0.465 e. The Balaban J connectivity index is 2.13. The van der Waals surface area contributed by atoms with Crippen LogP contribution in [0.4, 0.5) is 0 Å². The molecular formula is C18H23N5O3. The Morgan fingerprint density at radius 2 is 2.04 bits per heavy atom. The first-order valence-corrected chi connectivity index (χ1v) is 8.55. The van der Waals surface area contributed by atoms with Crippen LogP contribution in [0.1, 0.15) is 36.2 Å².